The molecule has 7 nitrogen and oxygen atoms in total. The Morgan fingerprint density at radius 1 is 0.969 bits per heavy atom. The fourth-order valence-corrected chi connectivity index (χ4v) is 3.70. The third kappa shape index (κ3) is 6.90. The van der Waals surface area contributed by atoms with Gasteiger partial charge in [-0.1, -0.05) is 37.6 Å². The molecule has 0 saturated carbocycles. The Bertz CT molecular complexity index is 876. The Balaban J connectivity index is 1.36. The van der Waals surface area contributed by atoms with Crippen molar-refractivity contribution < 1.29 is 23.8 Å². The van der Waals surface area contributed by atoms with Gasteiger partial charge in [0.05, 0.1) is 7.11 Å². The van der Waals surface area contributed by atoms with E-state index in [-0.39, 0.29) is 31.1 Å². The first-order valence-electron chi connectivity index (χ1n) is 11.1. The number of nitrogens with one attached hydrogen (secondary N) is 1. The number of amides is 2. The maximum atomic E-state index is 12.5. The van der Waals surface area contributed by atoms with Gasteiger partial charge < -0.3 is 24.4 Å². The van der Waals surface area contributed by atoms with Crippen molar-refractivity contribution in [2.75, 3.05) is 33.4 Å². The second kappa shape index (κ2) is 12.0. The SMILES string of the molecule is CCCc1ccc(OCC(=O)N2CCC(NC(=O)COc3ccccc3OC)CC2)cc1. The Morgan fingerprint density at radius 3 is 2.31 bits per heavy atom. The van der Waals surface area contributed by atoms with Crippen LogP contribution in [0.5, 0.6) is 17.2 Å². The first-order valence-corrected chi connectivity index (χ1v) is 11.1. The number of piperidine rings is 1. The molecule has 0 radical (unpaired) electrons. The Labute approximate surface area is 189 Å². The third-order valence-electron chi connectivity index (χ3n) is 5.46. The van der Waals surface area contributed by atoms with Gasteiger partial charge >= 0.3 is 0 Å². The van der Waals surface area contributed by atoms with Gasteiger partial charge in [-0.25, -0.2) is 0 Å². The predicted octanol–water partition coefficient (Wildman–Crippen LogP) is 3.21. The molecule has 3 rings (SSSR count). The van der Waals surface area contributed by atoms with E-state index in [1.165, 1.54) is 5.56 Å². The van der Waals surface area contributed by atoms with Crippen LogP contribution >= 0.6 is 0 Å². The van der Waals surface area contributed by atoms with E-state index in [0.717, 1.165) is 12.8 Å². The zero-order valence-electron chi connectivity index (χ0n) is 18.8. The fraction of sp³-hybridized carbons (Fsp3) is 0.440. The number of hydrogen-bond donors (Lipinski definition) is 1. The van der Waals surface area contributed by atoms with E-state index in [4.69, 9.17) is 14.2 Å². The summed E-state index contributed by atoms with van der Waals surface area (Å²) in [7, 11) is 1.56. The van der Waals surface area contributed by atoms with Gasteiger partial charge in [0.15, 0.2) is 24.7 Å². The van der Waals surface area contributed by atoms with Crippen molar-refractivity contribution >= 4 is 11.8 Å². The zero-order valence-corrected chi connectivity index (χ0v) is 18.8. The molecule has 0 bridgehead atoms. The molecular formula is C25H32N2O5. The smallest absolute Gasteiger partial charge is 0.260 e. The van der Waals surface area contributed by atoms with E-state index in [1.54, 1.807) is 24.1 Å². The van der Waals surface area contributed by atoms with Crippen molar-refractivity contribution in [3.63, 3.8) is 0 Å². The zero-order chi connectivity index (χ0) is 22.8. The van der Waals surface area contributed by atoms with E-state index in [0.29, 0.717) is 43.2 Å². The first kappa shape index (κ1) is 23.4. The second-order valence-electron chi connectivity index (χ2n) is 7.84. The van der Waals surface area contributed by atoms with Crippen LogP contribution in [-0.4, -0.2) is 56.2 Å². The molecule has 2 aromatic carbocycles. The molecule has 32 heavy (non-hydrogen) atoms. The highest BCUT2D eigenvalue weighted by molar-refractivity contribution is 5.79. The van der Waals surface area contributed by atoms with Gasteiger partial charge in [-0.2, -0.15) is 0 Å². The standard InChI is InChI=1S/C25H32N2O5/c1-3-6-19-9-11-21(12-10-19)31-18-25(29)27-15-13-20(14-16-27)26-24(28)17-32-23-8-5-4-7-22(23)30-2/h4-5,7-12,20H,3,6,13-18H2,1-2H3,(H,26,28). The molecule has 1 N–H and O–H groups in total. The number of nitrogens with zero attached hydrogens (tertiary/aromatic N) is 1. The summed E-state index contributed by atoms with van der Waals surface area (Å²) in [6, 6.07) is 15.1. The van der Waals surface area contributed by atoms with Crippen LogP contribution in [-0.2, 0) is 16.0 Å². The number of benzene rings is 2. The lowest BCUT2D eigenvalue weighted by Crippen LogP contribution is -2.48. The Kier molecular flexibility index (Phi) is 8.78. The van der Waals surface area contributed by atoms with Crippen molar-refractivity contribution in [1.29, 1.82) is 0 Å². The molecule has 7 heteroatoms. The molecule has 0 aromatic heterocycles. The molecule has 0 unspecified atom stereocenters. The maximum absolute atomic E-state index is 12.5. The van der Waals surface area contributed by atoms with Crippen LogP contribution in [0.1, 0.15) is 31.7 Å². The third-order valence-corrected chi connectivity index (χ3v) is 5.46. The molecule has 0 atom stereocenters. The van der Waals surface area contributed by atoms with Crippen LogP contribution in [0.25, 0.3) is 0 Å². The molecule has 2 aromatic rings. The summed E-state index contributed by atoms with van der Waals surface area (Å²) in [5.41, 5.74) is 1.27. The van der Waals surface area contributed by atoms with Crippen LogP contribution < -0.4 is 19.5 Å². The van der Waals surface area contributed by atoms with Crippen molar-refractivity contribution in [3.8, 4) is 17.2 Å². The van der Waals surface area contributed by atoms with Gasteiger partial charge in [0.25, 0.3) is 11.8 Å². The summed E-state index contributed by atoms with van der Waals surface area (Å²) in [6.07, 6.45) is 3.55. The number of hydrogen-bond acceptors (Lipinski definition) is 5. The lowest BCUT2D eigenvalue weighted by Gasteiger charge is -2.32. The van der Waals surface area contributed by atoms with Gasteiger partial charge in [-0.15, -0.1) is 0 Å². The van der Waals surface area contributed by atoms with Crippen molar-refractivity contribution in [2.24, 2.45) is 0 Å². The second-order valence-corrected chi connectivity index (χ2v) is 7.84. The number of methoxy groups -OCH3 is 1. The van der Waals surface area contributed by atoms with Crippen LogP contribution in [0.3, 0.4) is 0 Å². The van der Waals surface area contributed by atoms with Gasteiger partial charge in [0.1, 0.15) is 5.75 Å². The van der Waals surface area contributed by atoms with E-state index >= 15 is 0 Å². The number of aryl methyl sites for hydroxylation is 1. The summed E-state index contributed by atoms with van der Waals surface area (Å²) < 4.78 is 16.4. The predicted molar refractivity (Wildman–Crippen MR) is 122 cm³/mol. The summed E-state index contributed by atoms with van der Waals surface area (Å²) in [4.78, 5) is 26.5. The van der Waals surface area contributed by atoms with Crippen LogP contribution in [0.2, 0.25) is 0 Å². The summed E-state index contributed by atoms with van der Waals surface area (Å²) in [6.45, 7) is 3.28. The normalized spacial score (nSPS) is 14.0. The number of rotatable bonds is 10. The number of carbonyl (C=O) groups excluding carboxylic acids is 2. The maximum Gasteiger partial charge on any atom is 0.260 e. The van der Waals surface area contributed by atoms with Gasteiger partial charge in [-0.05, 0) is 49.1 Å². The minimum absolute atomic E-state index is 0.0247. The van der Waals surface area contributed by atoms with E-state index in [1.807, 2.05) is 36.4 Å². The molecule has 1 saturated heterocycles. The molecule has 1 fully saturated rings. The van der Waals surface area contributed by atoms with Crippen LogP contribution in [0.4, 0.5) is 0 Å². The summed E-state index contributed by atoms with van der Waals surface area (Å²) in [5.74, 6) is 1.61. The lowest BCUT2D eigenvalue weighted by molar-refractivity contribution is -0.134. The minimum atomic E-state index is -0.185. The molecule has 0 spiro atoms. The highest BCUT2D eigenvalue weighted by atomic mass is 16.5. The highest BCUT2D eigenvalue weighted by Crippen LogP contribution is 2.25. The van der Waals surface area contributed by atoms with Gasteiger partial charge in [0.2, 0.25) is 0 Å². The Hall–Kier alpha value is -3.22. The molecule has 1 aliphatic heterocycles. The van der Waals surface area contributed by atoms with Crippen molar-refractivity contribution in [1.82, 2.24) is 10.2 Å². The number of ether oxygens (including phenoxy) is 3. The number of para-hydroxylation sites is 2. The fourth-order valence-electron chi connectivity index (χ4n) is 3.70. The molecular weight excluding hydrogens is 408 g/mol. The number of likely N-dealkylation sites (tertiary alicyclic amines) is 1. The highest BCUT2D eigenvalue weighted by Gasteiger charge is 2.24. The molecule has 0 aliphatic carbocycles. The van der Waals surface area contributed by atoms with Crippen molar-refractivity contribution in [3.05, 3.63) is 54.1 Å². The monoisotopic (exact) mass is 440 g/mol. The topological polar surface area (TPSA) is 77.1 Å². The molecule has 1 heterocycles. The molecule has 1 aliphatic rings. The lowest BCUT2D eigenvalue weighted by atomic mass is 10.1. The van der Waals surface area contributed by atoms with E-state index in [9.17, 15) is 9.59 Å². The summed E-state index contributed by atoms with van der Waals surface area (Å²) >= 11 is 0. The van der Waals surface area contributed by atoms with Crippen molar-refractivity contribution in [2.45, 2.75) is 38.6 Å². The van der Waals surface area contributed by atoms with Crippen LogP contribution in [0, 0.1) is 0 Å². The minimum Gasteiger partial charge on any atom is -0.493 e. The van der Waals surface area contributed by atoms with Gasteiger partial charge in [0, 0.05) is 19.1 Å². The largest absolute Gasteiger partial charge is 0.493 e. The average molecular weight is 441 g/mol. The Morgan fingerprint density at radius 2 is 1.66 bits per heavy atom. The number of carbonyl (C=O) groups is 2. The summed E-state index contributed by atoms with van der Waals surface area (Å²) in [5, 5.41) is 2.99. The average Bonchev–Trinajstić information content (AvgIpc) is 2.83. The van der Waals surface area contributed by atoms with Crippen LogP contribution in [0.15, 0.2) is 48.5 Å². The van der Waals surface area contributed by atoms with Gasteiger partial charge in [-0.3, -0.25) is 9.59 Å². The van der Waals surface area contributed by atoms with E-state index in [2.05, 4.69) is 12.2 Å². The van der Waals surface area contributed by atoms with E-state index < -0.39 is 0 Å². The first-order chi connectivity index (χ1) is 15.6. The quantitative estimate of drug-likeness (QED) is 0.614. The molecule has 2 amide bonds. The molecule has 172 valence electrons.